The number of hydrogen-bond donors (Lipinski definition) is 1. The van der Waals surface area contributed by atoms with E-state index in [0.717, 1.165) is 41.9 Å². The number of oxazole rings is 1. The van der Waals surface area contributed by atoms with Gasteiger partial charge in [-0.1, -0.05) is 34.1 Å². The smallest absolute Gasteiger partial charge is 0.275 e. The number of thiophene rings is 1. The van der Waals surface area contributed by atoms with Gasteiger partial charge in [-0.2, -0.15) is 0 Å². The Labute approximate surface area is 187 Å². The maximum absolute atomic E-state index is 12.6. The van der Waals surface area contributed by atoms with Gasteiger partial charge in [0, 0.05) is 34.9 Å². The summed E-state index contributed by atoms with van der Waals surface area (Å²) < 4.78 is 5.54. The minimum Gasteiger partial charge on any atom is -0.444 e. The van der Waals surface area contributed by atoms with Gasteiger partial charge in [-0.15, -0.1) is 11.3 Å². The van der Waals surface area contributed by atoms with Crippen molar-refractivity contribution in [1.82, 2.24) is 15.2 Å². The van der Waals surface area contributed by atoms with Crippen molar-refractivity contribution < 1.29 is 14.0 Å². The number of amides is 2. The fourth-order valence-corrected chi connectivity index (χ4v) is 4.43. The molecule has 1 aliphatic rings. The first-order chi connectivity index (χ1) is 14.6. The van der Waals surface area contributed by atoms with E-state index < -0.39 is 0 Å². The van der Waals surface area contributed by atoms with Gasteiger partial charge >= 0.3 is 0 Å². The van der Waals surface area contributed by atoms with Crippen LogP contribution in [-0.4, -0.2) is 39.6 Å². The Morgan fingerprint density at radius 3 is 2.67 bits per heavy atom. The highest BCUT2D eigenvalue weighted by atomic mass is 79.9. The molecule has 0 atom stereocenters. The van der Waals surface area contributed by atoms with E-state index in [9.17, 15) is 9.59 Å². The van der Waals surface area contributed by atoms with Crippen molar-refractivity contribution >= 4 is 39.1 Å². The Balaban J connectivity index is 1.33. The second-order valence-electron chi connectivity index (χ2n) is 7.23. The maximum Gasteiger partial charge on any atom is 0.275 e. The van der Waals surface area contributed by atoms with E-state index in [0.29, 0.717) is 29.4 Å². The van der Waals surface area contributed by atoms with Crippen molar-refractivity contribution in [3.63, 3.8) is 0 Å². The van der Waals surface area contributed by atoms with Crippen molar-refractivity contribution in [3.8, 4) is 11.5 Å². The highest BCUT2D eigenvalue weighted by molar-refractivity contribution is 9.09. The van der Waals surface area contributed by atoms with Gasteiger partial charge in [0.05, 0.1) is 6.42 Å². The Hall–Kier alpha value is -2.45. The fraction of sp³-hybridized carbons (Fsp3) is 0.318. The molecule has 2 amide bonds. The predicted molar refractivity (Wildman–Crippen MR) is 120 cm³/mol. The van der Waals surface area contributed by atoms with Crippen molar-refractivity contribution in [3.05, 3.63) is 64.2 Å². The average molecular weight is 488 g/mol. The highest BCUT2D eigenvalue weighted by Crippen LogP contribution is 2.22. The third-order valence-corrected chi connectivity index (χ3v) is 6.83. The van der Waals surface area contributed by atoms with Crippen molar-refractivity contribution in [2.45, 2.75) is 30.6 Å². The Bertz CT molecular complexity index is 993. The van der Waals surface area contributed by atoms with Crippen LogP contribution in [0, 0.1) is 0 Å². The zero-order chi connectivity index (χ0) is 20.9. The summed E-state index contributed by atoms with van der Waals surface area (Å²) in [5, 5.41) is 4.90. The van der Waals surface area contributed by atoms with Crippen LogP contribution in [0.1, 0.15) is 33.8 Å². The molecule has 2 aromatic heterocycles. The molecular weight excluding hydrogens is 466 g/mol. The third kappa shape index (κ3) is 5.17. The average Bonchev–Trinajstić information content (AvgIpc) is 3.45. The standard InChI is InChI=1S/C22H22BrN3O3S/c23-17-7-9-26(10-8-17)22(28)19-14-29-21(25-19)16-5-3-15(4-6-16)13-24-20(27)12-18-2-1-11-30-18/h1-6,11,14,17H,7-10,12-13H2,(H,24,27). The molecule has 0 bridgehead atoms. The van der Waals surface area contributed by atoms with E-state index in [1.54, 1.807) is 11.3 Å². The Kier molecular flexibility index (Phi) is 6.64. The number of rotatable bonds is 6. The molecule has 1 fully saturated rings. The topological polar surface area (TPSA) is 75.4 Å². The van der Waals surface area contributed by atoms with E-state index in [4.69, 9.17) is 4.42 Å². The minimum atomic E-state index is -0.0885. The second-order valence-corrected chi connectivity index (χ2v) is 9.56. The van der Waals surface area contributed by atoms with Gasteiger partial charge in [-0.3, -0.25) is 9.59 Å². The third-order valence-electron chi connectivity index (χ3n) is 5.04. The number of halogens is 1. The summed E-state index contributed by atoms with van der Waals surface area (Å²) in [6, 6.07) is 11.5. The van der Waals surface area contributed by atoms with Gasteiger partial charge in [0.1, 0.15) is 6.26 Å². The van der Waals surface area contributed by atoms with Gasteiger partial charge in [-0.05, 0) is 42.0 Å². The summed E-state index contributed by atoms with van der Waals surface area (Å²) in [6.45, 7) is 1.91. The zero-order valence-corrected chi connectivity index (χ0v) is 18.7. The molecule has 8 heteroatoms. The van der Waals surface area contributed by atoms with Crippen molar-refractivity contribution in [2.24, 2.45) is 0 Å². The first-order valence-corrected chi connectivity index (χ1v) is 11.7. The summed E-state index contributed by atoms with van der Waals surface area (Å²) >= 11 is 5.18. The Morgan fingerprint density at radius 1 is 1.20 bits per heavy atom. The van der Waals surface area contributed by atoms with Crippen LogP contribution in [0.3, 0.4) is 0 Å². The van der Waals surface area contributed by atoms with Crippen LogP contribution < -0.4 is 5.32 Å². The van der Waals surface area contributed by atoms with Crippen LogP contribution in [-0.2, 0) is 17.8 Å². The number of carbonyl (C=O) groups excluding carboxylic acids is 2. The lowest BCUT2D eigenvalue weighted by Crippen LogP contribution is -2.38. The maximum atomic E-state index is 12.6. The summed E-state index contributed by atoms with van der Waals surface area (Å²) in [7, 11) is 0. The van der Waals surface area contributed by atoms with Crippen LogP contribution >= 0.6 is 27.3 Å². The SMILES string of the molecule is O=C(Cc1cccs1)NCc1ccc(-c2nc(C(=O)N3CCC(Br)CC3)co2)cc1. The number of aromatic nitrogens is 1. The van der Waals surface area contributed by atoms with Gasteiger partial charge in [-0.25, -0.2) is 4.98 Å². The molecule has 1 N–H and O–H groups in total. The van der Waals surface area contributed by atoms with E-state index in [1.165, 1.54) is 6.26 Å². The summed E-state index contributed by atoms with van der Waals surface area (Å²) in [5.74, 6) is 0.331. The lowest BCUT2D eigenvalue weighted by atomic mass is 10.1. The van der Waals surface area contributed by atoms with Gasteiger partial charge in [0.25, 0.3) is 5.91 Å². The Morgan fingerprint density at radius 2 is 1.97 bits per heavy atom. The van der Waals surface area contributed by atoms with Crippen molar-refractivity contribution in [2.75, 3.05) is 13.1 Å². The monoisotopic (exact) mass is 487 g/mol. The number of nitrogens with zero attached hydrogens (tertiary/aromatic N) is 2. The molecule has 4 rings (SSSR count). The molecule has 0 radical (unpaired) electrons. The number of alkyl halides is 1. The molecule has 0 spiro atoms. The molecule has 0 unspecified atom stereocenters. The molecule has 1 saturated heterocycles. The highest BCUT2D eigenvalue weighted by Gasteiger charge is 2.24. The summed E-state index contributed by atoms with van der Waals surface area (Å²) in [4.78, 5) is 32.4. The molecule has 1 aliphatic heterocycles. The molecule has 6 nitrogen and oxygen atoms in total. The van der Waals surface area contributed by atoms with Crippen LogP contribution in [0.25, 0.3) is 11.5 Å². The van der Waals surface area contributed by atoms with E-state index in [2.05, 4.69) is 26.2 Å². The van der Waals surface area contributed by atoms with Crippen LogP contribution in [0.15, 0.2) is 52.5 Å². The fourth-order valence-electron chi connectivity index (χ4n) is 3.32. The van der Waals surface area contributed by atoms with Gasteiger partial charge in [0.15, 0.2) is 5.69 Å². The number of hydrogen-bond acceptors (Lipinski definition) is 5. The van der Waals surface area contributed by atoms with E-state index in [1.807, 2.05) is 46.7 Å². The molecule has 156 valence electrons. The first-order valence-electron chi connectivity index (χ1n) is 9.86. The number of piperidine rings is 1. The number of nitrogens with one attached hydrogen (secondary N) is 1. The van der Waals surface area contributed by atoms with Crippen LogP contribution in [0.4, 0.5) is 0 Å². The van der Waals surface area contributed by atoms with Gasteiger partial charge < -0.3 is 14.6 Å². The number of carbonyl (C=O) groups is 2. The molecule has 3 aromatic rings. The minimum absolute atomic E-state index is 0.00123. The van der Waals surface area contributed by atoms with Crippen LogP contribution in [0.2, 0.25) is 0 Å². The zero-order valence-electron chi connectivity index (χ0n) is 16.3. The lowest BCUT2D eigenvalue weighted by molar-refractivity contribution is -0.120. The molecule has 30 heavy (non-hydrogen) atoms. The van der Waals surface area contributed by atoms with Crippen molar-refractivity contribution in [1.29, 1.82) is 0 Å². The lowest BCUT2D eigenvalue weighted by Gasteiger charge is -2.28. The first kappa shape index (κ1) is 20.8. The molecule has 1 aromatic carbocycles. The normalized spacial score (nSPS) is 14.6. The molecule has 0 aliphatic carbocycles. The number of benzene rings is 1. The largest absolute Gasteiger partial charge is 0.444 e. The molecule has 0 saturated carbocycles. The number of likely N-dealkylation sites (tertiary alicyclic amines) is 1. The summed E-state index contributed by atoms with van der Waals surface area (Å²) in [6.07, 6.45) is 3.72. The summed E-state index contributed by atoms with van der Waals surface area (Å²) in [5.41, 5.74) is 2.11. The predicted octanol–water partition coefficient (Wildman–Crippen LogP) is 4.26. The van der Waals surface area contributed by atoms with Crippen LogP contribution in [0.5, 0.6) is 0 Å². The van der Waals surface area contributed by atoms with Gasteiger partial charge in [0.2, 0.25) is 11.8 Å². The quantitative estimate of drug-likeness (QED) is 0.527. The second kappa shape index (κ2) is 9.57. The molecule has 3 heterocycles. The van der Waals surface area contributed by atoms with E-state index in [-0.39, 0.29) is 11.8 Å². The molecular formula is C22H22BrN3O3S. The van der Waals surface area contributed by atoms with E-state index >= 15 is 0 Å².